The van der Waals surface area contributed by atoms with Crippen molar-refractivity contribution in [3.8, 4) is 17.6 Å². The van der Waals surface area contributed by atoms with E-state index in [9.17, 15) is 5.26 Å². The molecular weight excluding hydrogens is 338 g/mol. The number of aromatic amines is 1. The lowest BCUT2D eigenvalue weighted by molar-refractivity contribution is 0.386. The molecule has 1 aromatic heterocycles. The van der Waals surface area contributed by atoms with Gasteiger partial charge in [0.15, 0.2) is 0 Å². The van der Waals surface area contributed by atoms with Gasteiger partial charge in [-0.3, -0.25) is 0 Å². The number of nitrogens with two attached hydrogens (primary N) is 1. The van der Waals surface area contributed by atoms with Crippen LogP contribution in [0.5, 0.6) is 11.5 Å². The summed E-state index contributed by atoms with van der Waals surface area (Å²) < 4.78 is 11.0. The third-order valence-electron chi connectivity index (χ3n) is 4.41. The Kier molecular flexibility index (Phi) is 3.56. The maximum atomic E-state index is 9.67. The highest BCUT2D eigenvalue weighted by atomic mass is 35.5. The van der Waals surface area contributed by atoms with Gasteiger partial charge in [0.25, 0.3) is 0 Å². The zero-order valence-corrected chi connectivity index (χ0v) is 14.1. The number of hydrogen-bond donors (Lipinski definition) is 2. The highest BCUT2D eigenvalue weighted by Gasteiger charge is 2.32. The molecule has 2 heterocycles. The van der Waals surface area contributed by atoms with Gasteiger partial charge < -0.3 is 20.2 Å². The van der Waals surface area contributed by atoms with E-state index in [0.29, 0.717) is 22.1 Å². The molecule has 124 valence electrons. The average Bonchev–Trinajstić information content (AvgIpc) is 3.02. The maximum absolute atomic E-state index is 9.67. The van der Waals surface area contributed by atoms with Gasteiger partial charge in [0.2, 0.25) is 5.88 Å². The van der Waals surface area contributed by atoms with Gasteiger partial charge in [-0.15, -0.1) is 0 Å². The molecule has 0 amide bonds. The number of aromatic nitrogens is 1. The van der Waals surface area contributed by atoms with E-state index in [1.807, 2.05) is 30.5 Å². The van der Waals surface area contributed by atoms with Crippen LogP contribution in [-0.4, -0.2) is 12.1 Å². The molecular formula is C19H14ClN3O2. The van der Waals surface area contributed by atoms with Gasteiger partial charge in [-0.2, -0.15) is 5.26 Å². The first kappa shape index (κ1) is 15.4. The summed E-state index contributed by atoms with van der Waals surface area (Å²) in [5.74, 6) is 1.07. The Bertz CT molecular complexity index is 1060. The minimum atomic E-state index is -0.348. The molecule has 0 radical (unpaired) electrons. The van der Waals surface area contributed by atoms with E-state index in [1.54, 1.807) is 19.2 Å². The number of nitrogens with zero attached hydrogens (tertiary/aromatic N) is 1. The molecule has 6 heteroatoms. The largest absolute Gasteiger partial charge is 0.497 e. The third-order valence-corrected chi connectivity index (χ3v) is 4.64. The second-order valence-electron chi connectivity index (χ2n) is 5.76. The third kappa shape index (κ3) is 2.39. The molecule has 0 spiro atoms. The Morgan fingerprint density at radius 2 is 2.08 bits per heavy atom. The Morgan fingerprint density at radius 1 is 1.24 bits per heavy atom. The summed E-state index contributed by atoms with van der Waals surface area (Å²) in [5.41, 5.74) is 9.05. The molecule has 25 heavy (non-hydrogen) atoms. The lowest BCUT2D eigenvalue weighted by atomic mass is 9.83. The van der Waals surface area contributed by atoms with Crippen LogP contribution in [0.4, 0.5) is 0 Å². The molecule has 4 rings (SSSR count). The smallest absolute Gasteiger partial charge is 0.205 e. The summed E-state index contributed by atoms with van der Waals surface area (Å²) in [4.78, 5) is 3.22. The fourth-order valence-corrected chi connectivity index (χ4v) is 3.42. The number of nitriles is 1. The molecule has 1 unspecified atom stereocenters. The van der Waals surface area contributed by atoms with Crippen LogP contribution in [-0.2, 0) is 0 Å². The van der Waals surface area contributed by atoms with Gasteiger partial charge in [0, 0.05) is 27.7 Å². The molecule has 0 saturated carbocycles. The molecule has 1 aliphatic heterocycles. The van der Waals surface area contributed by atoms with E-state index in [2.05, 4.69) is 11.1 Å². The van der Waals surface area contributed by atoms with Gasteiger partial charge >= 0.3 is 0 Å². The van der Waals surface area contributed by atoms with Crippen molar-refractivity contribution in [3.63, 3.8) is 0 Å². The van der Waals surface area contributed by atoms with Crippen LogP contribution in [0.15, 0.2) is 54.1 Å². The normalized spacial score (nSPS) is 16.3. The zero-order chi connectivity index (χ0) is 17.6. The van der Waals surface area contributed by atoms with Gasteiger partial charge in [0.1, 0.15) is 23.1 Å². The molecule has 3 aromatic rings. The first-order valence-corrected chi connectivity index (χ1v) is 8.02. The maximum Gasteiger partial charge on any atom is 0.205 e. The van der Waals surface area contributed by atoms with E-state index in [4.69, 9.17) is 26.8 Å². The second kappa shape index (κ2) is 5.76. The van der Waals surface area contributed by atoms with Crippen LogP contribution in [0, 0.1) is 11.3 Å². The van der Waals surface area contributed by atoms with Gasteiger partial charge in [-0.1, -0.05) is 17.7 Å². The quantitative estimate of drug-likeness (QED) is 0.729. The summed E-state index contributed by atoms with van der Waals surface area (Å²) in [7, 11) is 1.60. The number of halogens is 1. The fourth-order valence-electron chi connectivity index (χ4n) is 3.25. The van der Waals surface area contributed by atoms with Crippen molar-refractivity contribution in [2.24, 2.45) is 5.73 Å². The minimum Gasteiger partial charge on any atom is -0.497 e. The van der Waals surface area contributed by atoms with Gasteiger partial charge in [0.05, 0.1) is 13.0 Å². The monoisotopic (exact) mass is 351 g/mol. The first-order valence-electron chi connectivity index (χ1n) is 7.64. The number of rotatable bonds is 2. The summed E-state index contributed by atoms with van der Waals surface area (Å²) in [6.07, 6.45) is 1.88. The van der Waals surface area contributed by atoms with E-state index >= 15 is 0 Å². The highest BCUT2D eigenvalue weighted by Crippen LogP contribution is 2.45. The molecule has 0 aliphatic carbocycles. The van der Waals surface area contributed by atoms with Gasteiger partial charge in [-0.25, -0.2) is 0 Å². The number of benzene rings is 2. The number of nitrogens with one attached hydrogen (secondary N) is 1. The SMILES string of the molecule is COc1ccc2c(c1)C(c1c[nH]c3cc(Cl)ccc13)C(C#N)=C(N)O2. The van der Waals surface area contributed by atoms with Crippen LogP contribution < -0.4 is 15.2 Å². The number of ether oxygens (including phenoxy) is 2. The van der Waals surface area contributed by atoms with Crippen LogP contribution >= 0.6 is 11.6 Å². The van der Waals surface area contributed by atoms with Crippen molar-refractivity contribution in [2.75, 3.05) is 7.11 Å². The highest BCUT2D eigenvalue weighted by molar-refractivity contribution is 6.31. The molecule has 1 atom stereocenters. The predicted octanol–water partition coefficient (Wildman–Crippen LogP) is 4.05. The molecule has 0 saturated heterocycles. The van der Waals surface area contributed by atoms with E-state index in [-0.39, 0.29) is 11.8 Å². The Morgan fingerprint density at radius 3 is 2.84 bits per heavy atom. The van der Waals surface area contributed by atoms with E-state index in [1.165, 1.54) is 0 Å². The van der Waals surface area contributed by atoms with E-state index in [0.717, 1.165) is 22.0 Å². The minimum absolute atomic E-state index is 0.119. The predicted molar refractivity (Wildman–Crippen MR) is 95.6 cm³/mol. The summed E-state index contributed by atoms with van der Waals surface area (Å²) in [6.45, 7) is 0. The lowest BCUT2D eigenvalue weighted by Gasteiger charge is -2.26. The topological polar surface area (TPSA) is 84.1 Å². The van der Waals surface area contributed by atoms with E-state index < -0.39 is 0 Å². The lowest BCUT2D eigenvalue weighted by Crippen LogP contribution is -2.21. The first-order chi connectivity index (χ1) is 12.1. The average molecular weight is 352 g/mol. The number of methoxy groups -OCH3 is 1. The Balaban J connectivity index is 1.99. The zero-order valence-electron chi connectivity index (χ0n) is 13.3. The number of hydrogen-bond acceptors (Lipinski definition) is 4. The molecule has 1 aliphatic rings. The van der Waals surface area contributed by atoms with Gasteiger partial charge in [-0.05, 0) is 35.9 Å². The molecule has 3 N–H and O–H groups in total. The number of allylic oxidation sites excluding steroid dienone is 1. The number of H-pyrrole nitrogens is 1. The Hall–Kier alpha value is -3.10. The molecule has 2 aromatic carbocycles. The van der Waals surface area contributed by atoms with Crippen LogP contribution in [0.1, 0.15) is 17.0 Å². The van der Waals surface area contributed by atoms with Crippen molar-refractivity contribution in [3.05, 3.63) is 70.2 Å². The van der Waals surface area contributed by atoms with Crippen LogP contribution in [0.2, 0.25) is 5.02 Å². The fraction of sp³-hybridized carbons (Fsp3) is 0.105. The van der Waals surface area contributed by atoms with Crippen molar-refractivity contribution >= 4 is 22.5 Å². The van der Waals surface area contributed by atoms with Crippen LogP contribution in [0.3, 0.4) is 0 Å². The van der Waals surface area contributed by atoms with Crippen LogP contribution in [0.25, 0.3) is 10.9 Å². The van der Waals surface area contributed by atoms with Crippen molar-refractivity contribution < 1.29 is 9.47 Å². The molecule has 5 nitrogen and oxygen atoms in total. The second-order valence-corrected chi connectivity index (χ2v) is 6.20. The van der Waals surface area contributed by atoms with Crippen molar-refractivity contribution in [1.29, 1.82) is 5.26 Å². The summed E-state index contributed by atoms with van der Waals surface area (Å²) in [6, 6.07) is 13.3. The molecule has 0 bridgehead atoms. The Labute approximate surface area is 149 Å². The standard InChI is InChI=1S/C19H14ClN3O2/c1-24-11-3-5-17-13(7-11)18(14(8-21)19(22)25-17)15-9-23-16-6-10(20)2-4-12(15)16/h2-7,9,18,23H,22H2,1H3. The van der Waals surface area contributed by atoms with Crippen molar-refractivity contribution in [1.82, 2.24) is 4.98 Å². The summed E-state index contributed by atoms with van der Waals surface area (Å²) in [5, 5.41) is 11.3. The summed E-state index contributed by atoms with van der Waals surface area (Å²) >= 11 is 6.08. The molecule has 0 fully saturated rings. The number of fused-ring (bicyclic) bond motifs is 2. The van der Waals surface area contributed by atoms with Crippen molar-refractivity contribution in [2.45, 2.75) is 5.92 Å².